The summed E-state index contributed by atoms with van der Waals surface area (Å²) in [6.07, 6.45) is 0.270. The molecule has 190 valence electrons. The van der Waals surface area contributed by atoms with E-state index in [0.717, 1.165) is 12.1 Å². The van der Waals surface area contributed by atoms with Crippen molar-refractivity contribution in [1.29, 1.82) is 0 Å². The van der Waals surface area contributed by atoms with E-state index < -0.39 is 51.4 Å². The van der Waals surface area contributed by atoms with Gasteiger partial charge in [-0.2, -0.15) is 0 Å². The number of epoxide rings is 1. The van der Waals surface area contributed by atoms with E-state index in [1.807, 2.05) is 13.8 Å². The average molecular weight is 502 g/mol. The molecule has 1 heterocycles. The highest BCUT2D eigenvalue weighted by Crippen LogP contribution is 2.40. The van der Waals surface area contributed by atoms with Gasteiger partial charge in [-0.15, -0.1) is 0 Å². The summed E-state index contributed by atoms with van der Waals surface area (Å²) < 4.78 is 44.8. The quantitative estimate of drug-likeness (QED) is 0.220. The smallest absolute Gasteiger partial charge is 0.339 e. The van der Waals surface area contributed by atoms with Crippen LogP contribution in [0.15, 0.2) is 29.2 Å². The van der Waals surface area contributed by atoms with Gasteiger partial charge in [-0.05, 0) is 55.9 Å². The van der Waals surface area contributed by atoms with Crippen LogP contribution >= 0.6 is 0 Å². The number of carboxylic acid groups (broad SMARTS) is 1. The van der Waals surface area contributed by atoms with E-state index in [1.54, 1.807) is 6.92 Å². The third-order valence-electron chi connectivity index (χ3n) is 5.48. The molecule has 1 aromatic carbocycles. The summed E-state index contributed by atoms with van der Waals surface area (Å²) in [4.78, 5) is 36.4. The van der Waals surface area contributed by atoms with Crippen LogP contribution in [0.2, 0.25) is 0 Å². The maximum Gasteiger partial charge on any atom is 0.339 e. The van der Waals surface area contributed by atoms with Gasteiger partial charge >= 0.3 is 5.97 Å². The maximum absolute atomic E-state index is 13.0. The Balaban J connectivity index is 1.77. The minimum atomic E-state index is -3.75. The van der Waals surface area contributed by atoms with E-state index in [9.17, 15) is 32.3 Å². The zero-order valence-corrected chi connectivity index (χ0v) is 20.3. The number of sulfonamides is 1. The number of unbranched alkanes of at least 4 members (excludes halogenated alkanes) is 1. The Bertz CT molecular complexity index is 985. The Hall–Kier alpha value is -2.57. The molecule has 1 saturated heterocycles. The summed E-state index contributed by atoms with van der Waals surface area (Å²) in [7, 11) is -3.75. The molecule has 2 amide bonds. The molecule has 0 saturated carbocycles. The van der Waals surface area contributed by atoms with Crippen molar-refractivity contribution in [3.05, 3.63) is 30.1 Å². The van der Waals surface area contributed by atoms with Crippen molar-refractivity contribution in [2.75, 3.05) is 13.1 Å². The predicted molar refractivity (Wildman–Crippen MR) is 121 cm³/mol. The fourth-order valence-corrected chi connectivity index (χ4v) is 4.54. The fourth-order valence-electron chi connectivity index (χ4n) is 3.46. The zero-order valence-electron chi connectivity index (χ0n) is 19.5. The predicted octanol–water partition coefficient (Wildman–Crippen LogP) is 1.16. The minimum Gasteiger partial charge on any atom is -0.479 e. The second-order valence-electron chi connectivity index (χ2n) is 8.59. The van der Waals surface area contributed by atoms with Gasteiger partial charge in [-0.1, -0.05) is 20.8 Å². The molecule has 0 bridgehead atoms. The number of aliphatic carboxylic acids is 1. The van der Waals surface area contributed by atoms with Crippen LogP contribution in [-0.4, -0.2) is 62.1 Å². The van der Waals surface area contributed by atoms with Crippen molar-refractivity contribution in [2.45, 2.75) is 69.1 Å². The Labute approximate surface area is 198 Å². The molecule has 0 spiro atoms. The zero-order chi connectivity index (χ0) is 25.5. The molecule has 0 unspecified atom stereocenters. The summed E-state index contributed by atoms with van der Waals surface area (Å²) in [6, 6.07) is 3.63. The minimum absolute atomic E-state index is 0.0379. The third kappa shape index (κ3) is 7.21. The van der Waals surface area contributed by atoms with Crippen molar-refractivity contribution in [3.63, 3.8) is 0 Å². The van der Waals surface area contributed by atoms with Crippen LogP contribution in [0.3, 0.4) is 0 Å². The molecular weight excluding hydrogens is 469 g/mol. The number of benzene rings is 1. The standard InChI is InChI=1S/C22H32FN3O7S/c1-4-22(21(29)30)18(33-22)20(28)26-17(13-14(2)3)19(27)24-11-5-6-12-25-34(31,32)16-9-7-15(23)8-10-16/h7-10,14,17-18,25H,4-6,11-13H2,1-3H3,(H,24,27)(H,26,28)(H,29,30)/t17-,18+,22-/m0/s1. The lowest BCUT2D eigenvalue weighted by molar-refractivity contribution is -0.143. The lowest BCUT2D eigenvalue weighted by atomic mass is 10.00. The van der Waals surface area contributed by atoms with Gasteiger partial charge in [0.2, 0.25) is 21.5 Å². The number of hydrogen-bond donors (Lipinski definition) is 4. The lowest BCUT2D eigenvalue weighted by Gasteiger charge is -2.20. The van der Waals surface area contributed by atoms with E-state index in [0.29, 0.717) is 19.3 Å². The van der Waals surface area contributed by atoms with Crippen molar-refractivity contribution in [1.82, 2.24) is 15.4 Å². The number of halogens is 1. The van der Waals surface area contributed by atoms with E-state index in [1.165, 1.54) is 12.1 Å². The largest absolute Gasteiger partial charge is 0.479 e. The molecule has 1 aromatic rings. The molecule has 1 aliphatic rings. The van der Waals surface area contributed by atoms with Gasteiger partial charge in [-0.3, -0.25) is 9.59 Å². The molecule has 10 nitrogen and oxygen atoms in total. The summed E-state index contributed by atoms with van der Waals surface area (Å²) in [5.74, 6) is -2.70. The second-order valence-corrected chi connectivity index (χ2v) is 10.4. The average Bonchev–Trinajstić information content (AvgIpc) is 3.52. The maximum atomic E-state index is 13.0. The highest BCUT2D eigenvalue weighted by atomic mass is 32.2. The van der Waals surface area contributed by atoms with E-state index >= 15 is 0 Å². The van der Waals surface area contributed by atoms with Crippen LogP contribution in [-0.2, 0) is 29.1 Å². The molecule has 1 aliphatic heterocycles. The van der Waals surface area contributed by atoms with Crippen LogP contribution in [0.25, 0.3) is 0 Å². The first-order valence-corrected chi connectivity index (χ1v) is 12.7. The van der Waals surface area contributed by atoms with E-state index in [2.05, 4.69) is 15.4 Å². The van der Waals surface area contributed by atoms with Crippen molar-refractivity contribution < 1.29 is 37.0 Å². The van der Waals surface area contributed by atoms with E-state index in [4.69, 9.17) is 4.74 Å². The number of carboxylic acids is 1. The van der Waals surface area contributed by atoms with Crippen molar-refractivity contribution in [3.8, 4) is 0 Å². The molecule has 0 radical (unpaired) electrons. The second kappa shape index (κ2) is 11.7. The van der Waals surface area contributed by atoms with Crippen LogP contribution in [0.1, 0.15) is 46.5 Å². The number of carbonyl (C=O) groups is 3. The molecule has 0 aliphatic carbocycles. The molecule has 34 heavy (non-hydrogen) atoms. The number of hydrogen-bond acceptors (Lipinski definition) is 6. The summed E-state index contributed by atoms with van der Waals surface area (Å²) >= 11 is 0. The SMILES string of the molecule is CC[C@]1(C(=O)O)O[C@@H]1C(=O)N[C@@H](CC(C)C)C(=O)NCCCCNS(=O)(=O)c1ccc(F)cc1. The number of rotatable bonds is 14. The Morgan fingerprint density at radius 1 is 1.15 bits per heavy atom. The van der Waals surface area contributed by atoms with Gasteiger partial charge in [0.1, 0.15) is 11.9 Å². The summed E-state index contributed by atoms with van der Waals surface area (Å²) in [6.45, 7) is 5.78. The molecule has 3 atom stereocenters. The van der Waals surface area contributed by atoms with Crippen LogP contribution < -0.4 is 15.4 Å². The molecule has 0 aromatic heterocycles. The molecule has 2 rings (SSSR count). The monoisotopic (exact) mass is 501 g/mol. The Morgan fingerprint density at radius 3 is 2.29 bits per heavy atom. The lowest BCUT2D eigenvalue weighted by Crippen LogP contribution is -2.50. The molecule has 4 N–H and O–H groups in total. The number of amides is 2. The topological polar surface area (TPSA) is 154 Å². The fraction of sp³-hybridized carbons (Fsp3) is 0.591. The Morgan fingerprint density at radius 2 is 1.76 bits per heavy atom. The van der Waals surface area contributed by atoms with E-state index in [-0.39, 0.29) is 30.3 Å². The van der Waals surface area contributed by atoms with Crippen LogP contribution in [0.4, 0.5) is 4.39 Å². The van der Waals surface area contributed by atoms with Crippen molar-refractivity contribution >= 4 is 27.8 Å². The van der Waals surface area contributed by atoms with Gasteiger partial charge in [0.15, 0.2) is 6.10 Å². The molecule has 1 fully saturated rings. The number of carbonyl (C=O) groups excluding carboxylic acids is 2. The highest BCUT2D eigenvalue weighted by Gasteiger charge is 2.65. The van der Waals surface area contributed by atoms with Crippen LogP contribution in [0, 0.1) is 11.7 Å². The first-order chi connectivity index (χ1) is 15.9. The normalized spacial score (nSPS) is 20.6. The van der Waals surface area contributed by atoms with Crippen molar-refractivity contribution in [2.24, 2.45) is 5.92 Å². The van der Waals surface area contributed by atoms with Crippen LogP contribution in [0.5, 0.6) is 0 Å². The Kier molecular flexibility index (Phi) is 9.54. The summed E-state index contributed by atoms with van der Waals surface area (Å²) in [5, 5.41) is 14.6. The highest BCUT2D eigenvalue weighted by molar-refractivity contribution is 7.89. The first-order valence-electron chi connectivity index (χ1n) is 11.2. The third-order valence-corrected chi connectivity index (χ3v) is 6.96. The molecular formula is C22H32FN3O7S. The van der Waals surface area contributed by atoms with Gasteiger partial charge in [-0.25, -0.2) is 22.3 Å². The van der Waals surface area contributed by atoms with Gasteiger partial charge < -0.3 is 20.5 Å². The van der Waals surface area contributed by atoms with Gasteiger partial charge in [0, 0.05) is 13.1 Å². The summed E-state index contributed by atoms with van der Waals surface area (Å²) in [5.41, 5.74) is -1.54. The van der Waals surface area contributed by atoms with Gasteiger partial charge in [0.05, 0.1) is 4.90 Å². The van der Waals surface area contributed by atoms with Gasteiger partial charge in [0.25, 0.3) is 5.91 Å². The molecule has 12 heteroatoms. The number of nitrogens with one attached hydrogen (secondary N) is 3. The number of ether oxygens (including phenoxy) is 1. The first kappa shape index (κ1) is 27.7.